The number of hydrogen-bond acceptors (Lipinski definition) is 2. The van der Waals surface area contributed by atoms with Crippen LogP contribution in [0.1, 0.15) is 6.92 Å². The van der Waals surface area contributed by atoms with Crippen LogP contribution >= 0.6 is 0 Å². The van der Waals surface area contributed by atoms with Crippen LogP contribution in [0.25, 0.3) is 4.85 Å². The Hall–Kier alpha value is -0.573. The first-order valence-corrected chi connectivity index (χ1v) is 2.17. The van der Waals surface area contributed by atoms with Gasteiger partial charge in [-0.3, -0.25) is 0 Å². The summed E-state index contributed by atoms with van der Waals surface area (Å²) in [5.41, 5.74) is 0. The van der Waals surface area contributed by atoms with Crippen LogP contribution in [0.5, 0.6) is 0 Å². The van der Waals surface area contributed by atoms with Crippen LogP contribution < -0.4 is 24.0 Å². The molecule has 0 N–H and O–H groups in total. The molecule has 0 radical (unpaired) electrons. The summed E-state index contributed by atoms with van der Waals surface area (Å²) in [5.74, 6) is -0.567. The van der Waals surface area contributed by atoms with Gasteiger partial charge < -0.3 is 9.84 Å². The minimum Gasteiger partial charge on any atom is -0.623 e. The molecule has 0 spiro atoms. The van der Waals surface area contributed by atoms with Crippen molar-refractivity contribution in [3.8, 4) is 0 Å². The molecule has 0 rings (SSSR count). The van der Waals surface area contributed by atoms with Gasteiger partial charge in [-0.1, -0.05) is 6.92 Å². The normalized spacial score (nSPS) is 9.11. The molecule has 0 saturated carbocycles. The summed E-state index contributed by atoms with van der Waals surface area (Å²) in [6, 6.07) is 0. The molecule has 0 bridgehead atoms. The molecule has 44 valence electrons. The van der Waals surface area contributed by atoms with Gasteiger partial charge in [-0.05, 0) is 6.61 Å². The van der Waals surface area contributed by atoms with Gasteiger partial charge in [0.15, 0.2) is 6.20 Å². The van der Waals surface area contributed by atoms with E-state index in [1.165, 1.54) is 0 Å². The number of rotatable bonds is 2. The van der Waals surface area contributed by atoms with Gasteiger partial charge >= 0.3 is 18.9 Å². The predicted molar refractivity (Wildman–Crippen MR) is 26.3 cm³/mol. The Morgan fingerprint density at radius 2 is 2.44 bits per heavy atom. The number of nitrogens with zero attached hydrogens (tertiary/aromatic N) is 1. The van der Waals surface area contributed by atoms with Crippen molar-refractivity contribution >= 4 is 0 Å². The molecule has 0 aliphatic heterocycles. The topological polar surface area (TPSA) is 36.6 Å². The molecule has 0 heterocycles. The molecule has 0 aromatic heterocycles. The Morgan fingerprint density at radius 1 is 1.89 bits per heavy atom. The van der Waals surface area contributed by atoms with E-state index in [1.54, 1.807) is 6.92 Å². The van der Waals surface area contributed by atoms with Gasteiger partial charge in [-0.15, -0.1) is 0 Å². The van der Waals surface area contributed by atoms with Gasteiger partial charge in [-0.25, -0.2) is 4.85 Å². The first-order valence-electron chi connectivity index (χ1n) is 2.17. The van der Waals surface area contributed by atoms with Crippen LogP contribution in [0.15, 0.2) is 12.1 Å². The summed E-state index contributed by atoms with van der Waals surface area (Å²) in [5, 5.41) is 10.2. The van der Waals surface area contributed by atoms with E-state index in [2.05, 4.69) is 9.58 Å². The molecule has 0 aromatic carbocycles. The molecule has 0 unspecified atom stereocenters. The monoisotopic (exact) mass is 119 g/mol. The van der Waals surface area contributed by atoms with Crippen molar-refractivity contribution in [3.63, 3.8) is 0 Å². The van der Waals surface area contributed by atoms with E-state index in [9.17, 15) is 5.11 Å². The van der Waals surface area contributed by atoms with E-state index in [0.29, 0.717) is 6.61 Å². The average Bonchev–Trinajstić information content (AvgIpc) is 1.68. The summed E-state index contributed by atoms with van der Waals surface area (Å²) in [6.07, 6.45) is 0.809. The zero-order valence-corrected chi connectivity index (χ0v) is 5.55. The quantitative estimate of drug-likeness (QED) is 0.222. The molecule has 0 saturated heterocycles. The molecular formula is C5H6LiNO2. The van der Waals surface area contributed by atoms with Crippen molar-refractivity contribution in [1.82, 2.24) is 0 Å². The SMILES string of the molecule is [C-]#[N+]/C=C(\[O-])OCC.[Li+]. The van der Waals surface area contributed by atoms with Crippen molar-refractivity contribution in [2.75, 3.05) is 6.61 Å². The molecule has 0 atom stereocenters. The Balaban J connectivity index is 0. The van der Waals surface area contributed by atoms with Crippen LogP contribution in [-0.2, 0) is 4.74 Å². The second-order valence-corrected chi connectivity index (χ2v) is 1.01. The fraction of sp³-hybridized carbons (Fsp3) is 0.400. The molecule has 9 heavy (non-hydrogen) atoms. The summed E-state index contributed by atoms with van der Waals surface area (Å²) in [6.45, 7) is 8.19. The molecule has 3 nitrogen and oxygen atoms in total. The molecular weight excluding hydrogens is 113 g/mol. The van der Waals surface area contributed by atoms with Crippen LogP contribution in [0, 0.1) is 6.57 Å². The molecule has 0 aromatic rings. The van der Waals surface area contributed by atoms with E-state index in [4.69, 9.17) is 6.57 Å². The minimum atomic E-state index is -0.567. The second kappa shape index (κ2) is 7.43. The summed E-state index contributed by atoms with van der Waals surface area (Å²) < 4.78 is 4.37. The average molecular weight is 119 g/mol. The third-order valence-electron chi connectivity index (χ3n) is 0.457. The van der Waals surface area contributed by atoms with Crippen LogP contribution in [0.3, 0.4) is 0 Å². The van der Waals surface area contributed by atoms with Crippen LogP contribution in [-0.4, -0.2) is 6.61 Å². The molecule has 0 fully saturated rings. The molecule has 0 aliphatic rings. The fourth-order valence-corrected chi connectivity index (χ4v) is 0.232. The van der Waals surface area contributed by atoms with Gasteiger partial charge in [0.25, 0.3) is 0 Å². The van der Waals surface area contributed by atoms with Crippen LogP contribution in [0.4, 0.5) is 0 Å². The van der Waals surface area contributed by atoms with E-state index < -0.39 is 5.95 Å². The van der Waals surface area contributed by atoms with Gasteiger partial charge in [0, 0.05) is 5.95 Å². The summed E-state index contributed by atoms with van der Waals surface area (Å²) in [4.78, 5) is 2.70. The van der Waals surface area contributed by atoms with E-state index in [1.807, 2.05) is 0 Å². The molecule has 0 amide bonds. The Morgan fingerprint density at radius 3 is 2.78 bits per heavy atom. The fourth-order valence-electron chi connectivity index (χ4n) is 0.232. The third-order valence-corrected chi connectivity index (χ3v) is 0.457. The summed E-state index contributed by atoms with van der Waals surface area (Å²) >= 11 is 0. The Labute approximate surface area is 66.3 Å². The van der Waals surface area contributed by atoms with Gasteiger partial charge in [0.2, 0.25) is 0 Å². The molecule has 0 aliphatic carbocycles. The smallest absolute Gasteiger partial charge is 0.623 e. The third kappa shape index (κ3) is 7.43. The first-order chi connectivity index (χ1) is 3.81. The predicted octanol–water partition coefficient (Wildman–Crippen LogP) is -2.89. The van der Waals surface area contributed by atoms with E-state index in [0.717, 1.165) is 6.20 Å². The Kier molecular flexibility index (Phi) is 9.29. The van der Waals surface area contributed by atoms with Crippen molar-refractivity contribution in [3.05, 3.63) is 23.6 Å². The largest absolute Gasteiger partial charge is 1.00 e. The second-order valence-electron chi connectivity index (χ2n) is 1.01. The van der Waals surface area contributed by atoms with Gasteiger partial charge in [-0.2, -0.15) is 0 Å². The maximum absolute atomic E-state index is 10.2. The summed E-state index contributed by atoms with van der Waals surface area (Å²) in [7, 11) is 0. The first kappa shape index (κ1) is 11.3. The van der Waals surface area contributed by atoms with Crippen LogP contribution in [0.2, 0.25) is 0 Å². The van der Waals surface area contributed by atoms with Crippen molar-refractivity contribution in [2.24, 2.45) is 0 Å². The van der Waals surface area contributed by atoms with Crippen molar-refractivity contribution < 1.29 is 28.7 Å². The number of ether oxygens (including phenoxy) is 1. The Bertz CT molecular complexity index is 127. The zero-order valence-electron chi connectivity index (χ0n) is 5.55. The van der Waals surface area contributed by atoms with Crippen molar-refractivity contribution in [2.45, 2.75) is 6.92 Å². The van der Waals surface area contributed by atoms with Crippen molar-refractivity contribution in [1.29, 1.82) is 0 Å². The maximum atomic E-state index is 10.2. The standard InChI is InChI=1S/C5H7NO2.Li/c1-3-8-5(7)4-6-2;/h4,7H,3H2,1H3;/q;+1/p-1/b5-4+;. The van der Waals surface area contributed by atoms with Gasteiger partial charge in [0.05, 0.1) is 6.57 Å². The minimum absolute atomic E-state index is 0. The van der Waals surface area contributed by atoms with Gasteiger partial charge in [0.1, 0.15) is 0 Å². The van der Waals surface area contributed by atoms with E-state index in [-0.39, 0.29) is 18.9 Å². The zero-order chi connectivity index (χ0) is 6.41. The number of hydrogen-bond donors (Lipinski definition) is 0. The molecule has 4 heteroatoms. The maximum Gasteiger partial charge on any atom is 1.00 e. The van der Waals surface area contributed by atoms with E-state index >= 15 is 0 Å².